The molecule has 2 aromatic rings. The van der Waals surface area contributed by atoms with Crippen LogP contribution in [0, 0.1) is 0 Å². The van der Waals surface area contributed by atoms with Crippen LogP contribution in [0.4, 0.5) is 5.82 Å². The smallest absolute Gasteiger partial charge is 0.200 e. The molecule has 2 aromatic heterocycles. The Bertz CT molecular complexity index is 464. The Hall–Kier alpha value is -1.76. The number of aromatic nitrogens is 5. The van der Waals surface area contributed by atoms with Crippen molar-refractivity contribution in [3.05, 3.63) is 12.1 Å². The van der Waals surface area contributed by atoms with Gasteiger partial charge in [-0.05, 0) is 29.0 Å². The highest BCUT2D eigenvalue weighted by Gasteiger charge is 2.33. The molecule has 1 aliphatic rings. The van der Waals surface area contributed by atoms with Crippen LogP contribution in [0.2, 0.25) is 0 Å². The Labute approximate surface area is 79.3 Å². The number of nitrogens with one attached hydrogen (secondary N) is 1. The third-order valence-electron chi connectivity index (χ3n) is 2.24. The summed E-state index contributed by atoms with van der Waals surface area (Å²) in [6.45, 7) is 0. The minimum atomic E-state index is 0.251. The topological polar surface area (TPSA) is 94.0 Å². The lowest BCUT2D eigenvalue weighted by Gasteiger charge is -2.01. The zero-order valence-corrected chi connectivity index (χ0v) is 7.33. The van der Waals surface area contributed by atoms with Crippen LogP contribution in [0.3, 0.4) is 0 Å². The van der Waals surface area contributed by atoms with Crippen LogP contribution in [0.25, 0.3) is 5.65 Å². The molecule has 7 heteroatoms. The maximum atomic E-state index is 5.67. The summed E-state index contributed by atoms with van der Waals surface area (Å²) in [4.78, 5) is 0. The van der Waals surface area contributed by atoms with Crippen LogP contribution < -0.4 is 11.1 Å². The number of tetrazole rings is 1. The molecular weight excluding hydrogens is 182 g/mol. The quantitative estimate of drug-likeness (QED) is 0.634. The van der Waals surface area contributed by atoms with E-state index < -0.39 is 0 Å². The molecule has 3 rings (SSSR count). The lowest BCUT2D eigenvalue weighted by atomic mass is 10.5. The second-order valence-corrected chi connectivity index (χ2v) is 3.40. The second-order valence-electron chi connectivity index (χ2n) is 3.40. The molecule has 2 atom stereocenters. The minimum Gasteiger partial charge on any atom is -0.364 e. The van der Waals surface area contributed by atoms with Crippen LogP contribution in [-0.2, 0) is 0 Å². The van der Waals surface area contributed by atoms with Gasteiger partial charge in [0.15, 0.2) is 5.65 Å². The van der Waals surface area contributed by atoms with E-state index in [0.717, 1.165) is 12.2 Å². The molecule has 0 bridgehead atoms. The number of anilines is 1. The highest BCUT2D eigenvalue weighted by atomic mass is 15.6. The van der Waals surface area contributed by atoms with Crippen LogP contribution in [0.15, 0.2) is 12.1 Å². The lowest BCUT2D eigenvalue weighted by Crippen LogP contribution is -2.14. The Morgan fingerprint density at radius 2 is 2.36 bits per heavy atom. The highest BCUT2D eigenvalue weighted by Crippen LogP contribution is 2.22. The molecule has 0 radical (unpaired) electrons. The average molecular weight is 191 g/mol. The summed E-state index contributed by atoms with van der Waals surface area (Å²) in [5.74, 6) is 0.753. The first-order valence-electron chi connectivity index (χ1n) is 4.40. The molecule has 0 spiro atoms. The highest BCUT2D eigenvalue weighted by molar-refractivity contribution is 5.44. The van der Waals surface area contributed by atoms with E-state index in [4.69, 9.17) is 5.73 Å². The molecule has 72 valence electrons. The summed E-state index contributed by atoms with van der Waals surface area (Å²) in [7, 11) is 0. The Balaban J connectivity index is 1.89. The van der Waals surface area contributed by atoms with E-state index in [-0.39, 0.29) is 6.04 Å². The van der Waals surface area contributed by atoms with Crippen LogP contribution >= 0.6 is 0 Å². The van der Waals surface area contributed by atoms with Crippen molar-refractivity contribution >= 4 is 11.5 Å². The molecule has 0 aliphatic heterocycles. The summed E-state index contributed by atoms with van der Waals surface area (Å²) in [5, 5.41) is 18.3. The number of rotatable bonds is 2. The van der Waals surface area contributed by atoms with E-state index >= 15 is 0 Å². The predicted molar refractivity (Wildman–Crippen MR) is 48.6 cm³/mol. The van der Waals surface area contributed by atoms with E-state index in [0.29, 0.717) is 11.7 Å². The molecule has 7 nitrogen and oxygen atoms in total. The third-order valence-corrected chi connectivity index (χ3v) is 2.24. The average Bonchev–Trinajstić information content (AvgIpc) is 2.70. The lowest BCUT2D eigenvalue weighted by molar-refractivity contribution is 0.733. The SMILES string of the molecule is NC1CC1Nc1ccc2nnnn2n1. The third kappa shape index (κ3) is 1.18. The molecule has 0 aromatic carbocycles. The predicted octanol–water partition coefficient (Wildman–Crippen LogP) is -0.969. The first-order valence-corrected chi connectivity index (χ1v) is 4.40. The van der Waals surface area contributed by atoms with Crippen molar-refractivity contribution in [1.29, 1.82) is 0 Å². The van der Waals surface area contributed by atoms with E-state index in [1.54, 1.807) is 0 Å². The molecule has 2 unspecified atom stereocenters. The van der Waals surface area contributed by atoms with E-state index in [9.17, 15) is 0 Å². The maximum absolute atomic E-state index is 5.67. The van der Waals surface area contributed by atoms with Crippen molar-refractivity contribution in [3.8, 4) is 0 Å². The fraction of sp³-hybridized carbons (Fsp3) is 0.429. The summed E-state index contributed by atoms with van der Waals surface area (Å²) >= 11 is 0. The largest absolute Gasteiger partial charge is 0.364 e. The molecular formula is C7H9N7. The molecule has 2 heterocycles. The second kappa shape index (κ2) is 2.61. The van der Waals surface area contributed by atoms with Crippen molar-refractivity contribution in [3.63, 3.8) is 0 Å². The van der Waals surface area contributed by atoms with Gasteiger partial charge in [-0.2, -0.15) is 0 Å². The number of hydrogen-bond donors (Lipinski definition) is 2. The number of hydrogen-bond acceptors (Lipinski definition) is 6. The summed E-state index contributed by atoms with van der Waals surface area (Å²) in [6.07, 6.45) is 0.995. The van der Waals surface area contributed by atoms with Crippen LogP contribution in [-0.4, -0.2) is 37.3 Å². The van der Waals surface area contributed by atoms with Crippen LogP contribution in [0.1, 0.15) is 6.42 Å². The Morgan fingerprint density at radius 3 is 3.14 bits per heavy atom. The molecule has 3 N–H and O–H groups in total. The summed E-state index contributed by atoms with van der Waals surface area (Å²) in [6, 6.07) is 4.25. The minimum absolute atomic E-state index is 0.251. The van der Waals surface area contributed by atoms with Gasteiger partial charge in [-0.15, -0.1) is 14.8 Å². The van der Waals surface area contributed by atoms with Crippen molar-refractivity contribution in [1.82, 2.24) is 25.3 Å². The summed E-state index contributed by atoms with van der Waals surface area (Å²) in [5.41, 5.74) is 6.30. The number of fused-ring (bicyclic) bond motifs is 1. The Morgan fingerprint density at radius 1 is 1.50 bits per heavy atom. The zero-order chi connectivity index (χ0) is 9.54. The van der Waals surface area contributed by atoms with E-state index in [1.165, 1.54) is 4.63 Å². The first kappa shape index (κ1) is 7.63. The van der Waals surface area contributed by atoms with Crippen molar-refractivity contribution in [2.24, 2.45) is 5.73 Å². The molecule has 0 amide bonds. The normalized spacial score (nSPS) is 25.2. The molecule has 1 saturated carbocycles. The molecule has 0 saturated heterocycles. The van der Waals surface area contributed by atoms with Gasteiger partial charge >= 0.3 is 0 Å². The van der Waals surface area contributed by atoms with Crippen molar-refractivity contribution in [2.75, 3.05) is 5.32 Å². The fourth-order valence-electron chi connectivity index (χ4n) is 1.30. The molecule has 14 heavy (non-hydrogen) atoms. The van der Waals surface area contributed by atoms with Gasteiger partial charge in [-0.25, -0.2) is 0 Å². The van der Waals surface area contributed by atoms with E-state index in [1.807, 2.05) is 12.1 Å². The fourth-order valence-corrected chi connectivity index (χ4v) is 1.30. The standard InChI is InChI=1S/C7H9N7/c8-4-3-5(4)9-6-1-2-7-10-12-13-14(7)11-6/h1-2,4-5H,3,8H2,(H,9,11). The maximum Gasteiger partial charge on any atom is 0.200 e. The molecule has 1 fully saturated rings. The zero-order valence-electron chi connectivity index (χ0n) is 7.33. The van der Waals surface area contributed by atoms with E-state index in [2.05, 4.69) is 25.9 Å². The van der Waals surface area contributed by atoms with Gasteiger partial charge in [0, 0.05) is 12.1 Å². The number of nitrogens with two attached hydrogens (primary N) is 1. The van der Waals surface area contributed by atoms with Crippen molar-refractivity contribution < 1.29 is 0 Å². The van der Waals surface area contributed by atoms with Gasteiger partial charge in [0.2, 0.25) is 0 Å². The van der Waals surface area contributed by atoms with Crippen LogP contribution in [0.5, 0.6) is 0 Å². The monoisotopic (exact) mass is 191 g/mol. The van der Waals surface area contributed by atoms with Gasteiger partial charge in [-0.1, -0.05) is 0 Å². The van der Waals surface area contributed by atoms with Gasteiger partial charge in [0.1, 0.15) is 5.82 Å². The van der Waals surface area contributed by atoms with Gasteiger partial charge < -0.3 is 11.1 Å². The van der Waals surface area contributed by atoms with Gasteiger partial charge in [0.25, 0.3) is 0 Å². The van der Waals surface area contributed by atoms with Gasteiger partial charge in [0.05, 0.1) is 0 Å². The van der Waals surface area contributed by atoms with Gasteiger partial charge in [-0.3, -0.25) is 0 Å². The first-order chi connectivity index (χ1) is 6.83. The molecule has 1 aliphatic carbocycles. The Kier molecular flexibility index (Phi) is 1.42. The van der Waals surface area contributed by atoms with Crippen molar-refractivity contribution in [2.45, 2.75) is 18.5 Å². The number of nitrogens with zero attached hydrogens (tertiary/aromatic N) is 5. The summed E-state index contributed by atoms with van der Waals surface area (Å²) < 4.78 is 1.39.